The third-order valence-electron chi connectivity index (χ3n) is 5.25. The van der Waals surface area contributed by atoms with E-state index in [0.717, 1.165) is 11.3 Å². The third-order valence-corrected chi connectivity index (χ3v) is 5.68. The Kier molecular flexibility index (Phi) is 8.52. The van der Waals surface area contributed by atoms with Crippen molar-refractivity contribution in [3.05, 3.63) is 53.1 Å². The van der Waals surface area contributed by atoms with Crippen LogP contribution in [0.1, 0.15) is 19.4 Å². The molecule has 2 N–H and O–H groups in total. The molecule has 1 heterocycles. The number of nitrogens with one attached hydrogen (secondary N) is 2. The number of anilines is 2. The minimum Gasteiger partial charge on any atom is -0.484 e. The summed E-state index contributed by atoms with van der Waals surface area (Å²) in [5.41, 5.74) is 2.65. The van der Waals surface area contributed by atoms with Gasteiger partial charge in [0.05, 0.1) is 11.4 Å². The zero-order chi connectivity index (χ0) is 24.0. The zero-order valence-electron chi connectivity index (χ0n) is 19.1. The fraction of sp³-hybridized carbons (Fsp3) is 0.375. The van der Waals surface area contributed by atoms with Crippen molar-refractivity contribution >= 4 is 52.1 Å². The van der Waals surface area contributed by atoms with Crippen LogP contribution in [0.15, 0.2) is 42.5 Å². The molecule has 0 aromatic heterocycles. The van der Waals surface area contributed by atoms with Gasteiger partial charge in [0.15, 0.2) is 11.7 Å². The van der Waals surface area contributed by atoms with Crippen LogP contribution in [0.25, 0.3) is 0 Å². The Morgan fingerprint density at radius 3 is 2.52 bits per heavy atom. The minimum absolute atomic E-state index is 0.0137. The number of carbonyl (C=O) groups is 2. The van der Waals surface area contributed by atoms with E-state index in [9.17, 15) is 9.59 Å². The van der Waals surface area contributed by atoms with Crippen LogP contribution in [0.3, 0.4) is 0 Å². The highest BCUT2D eigenvalue weighted by Gasteiger charge is 2.24. The Morgan fingerprint density at radius 2 is 1.85 bits per heavy atom. The molecule has 176 valence electrons. The van der Waals surface area contributed by atoms with Gasteiger partial charge in [0, 0.05) is 37.1 Å². The predicted octanol–water partition coefficient (Wildman–Crippen LogP) is 3.85. The number of rotatable bonds is 6. The van der Waals surface area contributed by atoms with Crippen molar-refractivity contribution in [3.8, 4) is 5.75 Å². The van der Waals surface area contributed by atoms with Crippen LogP contribution >= 0.6 is 23.8 Å². The van der Waals surface area contributed by atoms with Crippen molar-refractivity contribution in [2.24, 2.45) is 5.92 Å². The first-order chi connectivity index (χ1) is 15.7. The molecule has 1 aliphatic heterocycles. The summed E-state index contributed by atoms with van der Waals surface area (Å²) < 4.78 is 5.52. The molecule has 2 aromatic carbocycles. The maximum Gasteiger partial charge on any atom is 0.264 e. The Labute approximate surface area is 205 Å². The summed E-state index contributed by atoms with van der Waals surface area (Å²) in [5.74, 6) is 0.413. The summed E-state index contributed by atoms with van der Waals surface area (Å²) in [6.07, 6.45) is 0. The highest BCUT2D eigenvalue weighted by Crippen LogP contribution is 2.30. The molecule has 1 fully saturated rings. The number of carbonyl (C=O) groups excluding carboxylic acids is 2. The molecule has 0 unspecified atom stereocenters. The molecule has 33 heavy (non-hydrogen) atoms. The largest absolute Gasteiger partial charge is 0.484 e. The lowest BCUT2D eigenvalue weighted by atomic mass is 10.1. The predicted molar refractivity (Wildman–Crippen MR) is 136 cm³/mol. The number of thiocarbonyl (C=S) groups is 1. The van der Waals surface area contributed by atoms with E-state index in [0.29, 0.717) is 42.6 Å². The van der Waals surface area contributed by atoms with E-state index in [1.165, 1.54) is 0 Å². The van der Waals surface area contributed by atoms with Gasteiger partial charge in [-0.2, -0.15) is 0 Å². The molecule has 0 bridgehead atoms. The van der Waals surface area contributed by atoms with Crippen LogP contribution < -0.4 is 20.3 Å². The standard InChI is InChI=1S/C24H29ClN4O3S/c1-16(2)23(31)29-11-9-28(10-12-29)21-8-7-18(25)14-20(21)26-24(33)27-22(30)15-32-19-6-4-5-17(3)13-19/h4-8,13-14,16H,9-12,15H2,1-3H3,(H2,26,27,30,33). The topological polar surface area (TPSA) is 73.9 Å². The van der Waals surface area contributed by atoms with Crippen LogP contribution in [0, 0.1) is 12.8 Å². The lowest BCUT2D eigenvalue weighted by Crippen LogP contribution is -2.50. The van der Waals surface area contributed by atoms with Gasteiger partial charge in [0.2, 0.25) is 5.91 Å². The second kappa shape index (κ2) is 11.3. The summed E-state index contributed by atoms with van der Waals surface area (Å²) in [6.45, 7) is 8.31. The second-order valence-corrected chi connectivity index (χ2v) is 9.08. The second-order valence-electron chi connectivity index (χ2n) is 8.24. The average Bonchev–Trinajstić information content (AvgIpc) is 2.77. The van der Waals surface area contributed by atoms with Crippen LogP contribution in [0.4, 0.5) is 11.4 Å². The van der Waals surface area contributed by atoms with E-state index in [1.54, 1.807) is 12.1 Å². The minimum atomic E-state index is -0.363. The molecule has 0 atom stereocenters. The van der Waals surface area contributed by atoms with E-state index in [-0.39, 0.29) is 29.5 Å². The molecule has 0 aliphatic carbocycles. The van der Waals surface area contributed by atoms with Gasteiger partial charge in [-0.1, -0.05) is 37.6 Å². The highest BCUT2D eigenvalue weighted by atomic mass is 35.5. The molecule has 0 saturated carbocycles. The van der Waals surface area contributed by atoms with Crippen molar-refractivity contribution in [2.45, 2.75) is 20.8 Å². The first-order valence-electron chi connectivity index (χ1n) is 10.9. The van der Waals surface area contributed by atoms with Gasteiger partial charge in [-0.3, -0.25) is 14.9 Å². The summed E-state index contributed by atoms with van der Waals surface area (Å²) in [4.78, 5) is 28.6. The SMILES string of the molecule is Cc1cccc(OCC(=O)NC(=S)Nc2cc(Cl)ccc2N2CCN(C(=O)C(C)C)CC2)c1. The van der Waals surface area contributed by atoms with Gasteiger partial charge in [0.1, 0.15) is 5.75 Å². The van der Waals surface area contributed by atoms with Gasteiger partial charge < -0.3 is 19.9 Å². The van der Waals surface area contributed by atoms with E-state index >= 15 is 0 Å². The number of nitrogens with zero attached hydrogens (tertiary/aromatic N) is 2. The monoisotopic (exact) mass is 488 g/mol. The molecule has 7 nitrogen and oxygen atoms in total. The van der Waals surface area contributed by atoms with Gasteiger partial charge in [-0.15, -0.1) is 0 Å². The van der Waals surface area contributed by atoms with E-state index in [1.807, 2.05) is 56.0 Å². The van der Waals surface area contributed by atoms with E-state index in [2.05, 4.69) is 15.5 Å². The summed E-state index contributed by atoms with van der Waals surface area (Å²) in [7, 11) is 0. The molecule has 1 aliphatic rings. The number of hydrogen-bond donors (Lipinski definition) is 2. The van der Waals surface area contributed by atoms with Crippen LogP contribution in [0.2, 0.25) is 5.02 Å². The first-order valence-corrected chi connectivity index (χ1v) is 11.6. The number of piperazine rings is 1. The Morgan fingerprint density at radius 1 is 1.12 bits per heavy atom. The molecule has 2 amide bonds. The van der Waals surface area contributed by atoms with Crippen molar-refractivity contribution in [1.82, 2.24) is 10.2 Å². The fourth-order valence-corrected chi connectivity index (χ4v) is 3.98. The molecule has 3 rings (SSSR count). The summed E-state index contributed by atoms with van der Waals surface area (Å²) in [6, 6.07) is 13.0. The molecule has 0 radical (unpaired) electrons. The number of halogens is 1. The van der Waals surface area contributed by atoms with E-state index < -0.39 is 0 Å². The van der Waals surface area contributed by atoms with Gasteiger partial charge in [-0.25, -0.2) is 0 Å². The molecule has 1 saturated heterocycles. The quantitative estimate of drug-likeness (QED) is 0.602. The number of hydrogen-bond acceptors (Lipinski definition) is 5. The van der Waals surface area contributed by atoms with Gasteiger partial charge in [-0.05, 0) is 55.0 Å². The Hall–Kier alpha value is -2.84. The van der Waals surface area contributed by atoms with Gasteiger partial charge >= 0.3 is 0 Å². The maximum atomic E-state index is 12.3. The zero-order valence-corrected chi connectivity index (χ0v) is 20.6. The Bertz CT molecular complexity index is 1020. The molecular weight excluding hydrogens is 460 g/mol. The highest BCUT2D eigenvalue weighted by molar-refractivity contribution is 7.80. The number of ether oxygens (including phenoxy) is 1. The van der Waals surface area contributed by atoms with Crippen molar-refractivity contribution in [3.63, 3.8) is 0 Å². The maximum absolute atomic E-state index is 12.3. The number of amides is 2. The molecule has 0 spiro atoms. The first kappa shape index (κ1) is 24.8. The average molecular weight is 489 g/mol. The Balaban J connectivity index is 1.58. The van der Waals surface area contributed by atoms with Crippen molar-refractivity contribution < 1.29 is 14.3 Å². The summed E-state index contributed by atoms with van der Waals surface area (Å²) in [5, 5.41) is 6.42. The van der Waals surface area contributed by atoms with E-state index in [4.69, 9.17) is 28.6 Å². The fourth-order valence-electron chi connectivity index (χ4n) is 3.59. The molecular formula is C24H29ClN4O3S. The third kappa shape index (κ3) is 7.07. The van der Waals surface area contributed by atoms with Crippen LogP contribution in [0.5, 0.6) is 5.75 Å². The van der Waals surface area contributed by atoms with Crippen LogP contribution in [-0.4, -0.2) is 54.6 Å². The van der Waals surface area contributed by atoms with Crippen LogP contribution in [-0.2, 0) is 9.59 Å². The van der Waals surface area contributed by atoms with Crippen molar-refractivity contribution in [2.75, 3.05) is 43.0 Å². The molecule has 2 aromatic rings. The lowest BCUT2D eigenvalue weighted by Gasteiger charge is -2.37. The normalized spacial score (nSPS) is 13.6. The van der Waals surface area contributed by atoms with Gasteiger partial charge in [0.25, 0.3) is 5.91 Å². The molecule has 9 heteroatoms. The summed E-state index contributed by atoms with van der Waals surface area (Å²) >= 11 is 11.5. The smallest absolute Gasteiger partial charge is 0.264 e. The number of aryl methyl sites for hydroxylation is 1. The number of benzene rings is 2. The lowest BCUT2D eigenvalue weighted by molar-refractivity contribution is -0.134. The van der Waals surface area contributed by atoms with Crippen molar-refractivity contribution in [1.29, 1.82) is 0 Å².